The lowest BCUT2D eigenvalue weighted by molar-refractivity contribution is -0.133. The van der Waals surface area contributed by atoms with Crippen molar-refractivity contribution in [2.75, 3.05) is 12.3 Å². The van der Waals surface area contributed by atoms with Gasteiger partial charge in [0.05, 0.1) is 0 Å². The van der Waals surface area contributed by atoms with Gasteiger partial charge in [-0.25, -0.2) is 0 Å². The fourth-order valence-electron chi connectivity index (χ4n) is 2.81. The van der Waals surface area contributed by atoms with Gasteiger partial charge < -0.3 is 20.6 Å². The number of aliphatic hydroxyl groups excluding tert-OH is 1. The molecule has 1 heterocycles. The van der Waals surface area contributed by atoms with E-state index in [4.69, 9.17) is 0 Å². The van der Waals surface area contributed by atoms with Crippen LogP contribution < -0.4 is 10.6 Å². The number of carbonyl (C=O) groups excluding carboxylic acids is 3. The Labute approximate surface area is 140 Å². The van der Waals surface area contributed by atoms with Crippen LogP contribution in [0.3, 0.4) is 0 Å². The van der Waals surface area contributed by atoms with Crippen molar-refractivity contribution < 1.29 is 19.5 Å². The van der Waals surface area contributed by atoms with Gasteiger partial charge in [-0.15, -0.1) is 0 Å². The van der Waals surface area contributed by atoms with Crippen molar-refractivity contribution in [3.8, 4) is 0 Å². The highest BCUT2D eigenvalue weighted by molar-refractivity contribution is 8.13. The lowest BCUT2D eigenvalue weighted by atomic mass is 10.0. The fraction of sp³-hybridized carbons (Fsp3) is 0.800. The summed E-state index contributed by atoms with van der Waals surface area (Å²) in [6.45, 7) is 3.49. The molecule has 130 valence electrons. The highest BCUT2D eigenvalue weighted by Gasteiger charge is 2.33. The molecule has 2 fully saturated rings. The third-order valence-corrected chi connectivity index (χ3v) is 5.19. The Morgan fingerprint density at radius 1 is 1.35 bits per heavy atom. The second-order valence-corrected chi connectivity index (χ2v) is 7.60. The van der Waals surface area contributed by atoms with Gasteiger partial charge in [0, 0.05) is 24.8 Å². The minimum atomic E-state index is -0.998. The molecule has 1 unspecified atom stereocenters. The molecule has 2 rings (SSSR count). The van der Waals surface area contributed by atoms with Crippen LogP contribution in [0.2, 0.25) is 0 Å². The molecule has 0 spiro atoms. The number of aliphatic hydroxyl groups is 1. The fourth-order valence-corrected chi connectivity index (χ4v) is 3.66. The SMILES string of the molecule is CC(C)(NC(=O)CCN1C(=O)SCC1O)C(=O)NC1CCCC1. The smallest absolute Gasteiger partial charge is 0.283 e. The first-order valence-electron chi connectivity index (χ1n) is 8.03. The summed E-state index contributed by atoms with van der Waals surface area (Å²) in [4.78, 5) is 37.1. The normalized spacial score (nSPS) is 22.5. The van der Waals surface area contributed by atoms with Crippen LogP contribution in [0.25, 0.3) is 0 Å². The zero-order valence-electron chi connectivity index (χ0n) is 13.6. The second kappa shape index (κ2) is 7.53. The average molecular weight is 343 g/mol. The number of hydrogen-bond donors (Lipinski definition) is 3. The van der Waals surface area contributed by atoms with E-state index in [1.807, 2.05) is 0 Å². The van der Waals surface area contributed by atoms with Crippen LogP contribution in [0.15, 0.2) is 0 Å². The van der Waals surface area contributed by atoms with Gasteiger partial charge in [0.15, 0.2) is 0 Å². The van der Waals surface area contributed by atoms with E-state index in [1.54, 1.807) is 13.8 Å². The number of nitrogens with zero attached hydrogens (tertiary/aromatic N) is 1. The molecule has 1 saturated heterocycles. The molecule has 3 N–H and O–H groups in total. The zero-order chi connectivity index (χ0) is 17.0. The Bertz CT molecular complexity index is 477. The summed E-state index contributed by atoms with van der Waals surface area (Å²) >= 11 is 1.04. The summed E-state index contributed by atoms with van der Waals surface area (Å²) < 4.78 is 0. The predicted octanol–water partition coefficient (Wildman–Crippen LogP) is 0.817. The lowest BCUT2D eigenvalue weighted by Crippen LogP contribution is -2.56. The maximum atomic E-state index is 12.3. The number of amides is 3. The maximum Gasteiger partial charge on any atom is 0.283 e. The monoisotopic (exact) mass is 343 g/mol. The summed E-state index contributed by atoms with van der Waals surface area (Å²) in [5, 5.41) is 15.1. The number of carbonyl (C=O) groups is 3. The molecule has 1 saturated carbocycles. The summed E-state index contributed by atoms with van der Waals surface area (Å²) in [5.74, 6) is -0.172. The van der Waals surface area contributed by atoms with E-state index in [0.717, 1.165) is 37.4 Å². The molecular weight excluding hydrogens is 318 g/mol. The highest BCUT2D eigenvalue weighted by atomic mass is 32.2. The Hall–Kier alpha value is -1.28. The predicted molar refractivity (Wildman–Crippen MR) is 87.8 cm³/mol. The molecule has 2 aliphatic rings. The first-order valence-corrected chi connectivity index (χ1v) is 9.01. The topological polar surface area (TPSA) is 98.7 Å². The molecule has 7 nitrogen and oxygen atoms in total. The van der Waals surface area contributed by atoms with Gasteiger partial charge in [0.25, 0.3) is 5.24 Å². The lowest BCUT2D eigenvalue weighted by Gasteiger charge is -2.27. The average Bonchev–Trinajstić information content (AvgIpc) is 3.07. The van der Waals surface area contributed by atoms with Crippen LogP contribution in [0.1, 0.15) is 46.0 Å². The van der Waals surface area contributed by atoms with E-state index in [1.165, 1.54) is 4.90 Å². The first-order chi connectivity index (χ1) is 10.8. The Balaban J connectivity index is 1.78. The molecule has 3 amide bonds. The molecule has 23 heavy (non-hydrogen) atoms. The van der Waals surface area contributed by atoms with Crippen molar-refractivity contribution in [3.63, 3.8) is 0 Å². The van der Waals surface area contributed by atoms with Crippen LogP contribution in [0.5, 0.6) is 0 Å². The van der Waals surface area contributed by atoms with Crippen molar-refractivity contribution in [1.82, 2.24) is 15.5 Å². The van der Waals surface area contributed by atoms with E-state index >= 15 is 0 Å². The van der Waals surface area contributed by atoms with Crippen molar-refractivity contribution >= 4 is 28.8 Å². The molecule has 1 aliphatic heterocycles. The molecule has 1 atom stereocenters. The van der Waals surface area contributed by atoms with Gasteiger partial charge >= 0.3 is 0 Å². The minimum absolute atomic E-state index is 0.0590. The number of thioether (sulfide) groups is 1. The van der Waals surface area contributed by atoms with E-state index in [2.05, 4.69) is 10.6 Å². The Morgan fingerprint density at radius 2 is 2.00 bits per heavy atom. The van der Waals surface area contributed by atoms with Gasteiger partial charge in [-0.2, -0.15) is 0 Å². The van der Waals surface area contributed by atoms with Crippen LogP contribution in [-0.2, 0) is 9.59 Å². The summed E-state index contributed by atoms with van der Waals surface area (Å²) in [6.07, 6.45) is 3.46. The zero-order valence-corrected chi connectivity index (χ0v) is 14.4. The van der Waals surface area contributed by atoms with Gasteiger partial charge in [0.1, 0.15) is 11.8 Å². The first kappa shape index (κ1) is 18.1. The van der Waals surface area contributed by atoms with Crippen LogP contribution >= 0.6 is 11.8 Å². The Morgan fingerprint density at radius 3 is 2.57 bits per heavy atom. The minimum Gasteiger partial charge on any atom is -0.373 e. The van der Waals surface area contributed by atoms with E-state index in [0.29, 0.717) is 5.75 Å². The van der Waals surface area contributed by atoms with Gasteiger partial charge in [-0.05, 0) is 26.7 Å². The molecule has 0 radical (unpaired) electrons. The largest absolute Gasteiger partial charge is 0.373 e. The highest BCUT2D eigenvalue weighted by Crippen LogP contribution is 2.22. The molecule has 0 bridgehead atoms. The van der Waals surface area contributed by atoms with Gasteiger partial charge in [-0.1, -0.05) is 24.6 Å². The van der Waals surface area contributed by atoms with Gasteiger partial charge in [0.2, 0.25) is 11.8 Å². The third kappa shape index (κ3) is 4.84. The summed E-state index contributed by atoms with van der Waals surface area (Å²) in [6, 6.07) is 0.202. The van der Waals surface area contributed by atoms with Crippen molar-refractivity contribution in [1.29, 1.82) is 0 Å². The van der Waals surface area contributed by atoms with Crippen molar-refractivity contribution in [2.45, 2.75) is 63.8 Å². The maximum absolute atomic E-state index is 12.3. The second-order valence-electron chi connectivity index (χ2n) is 6.63. The van der Waals surface area contributed by atoms with E-state index in [9.17, 15) is 19.5 Å². The molecule has 0 aromatic heterocycles. The number of hydrogen-bond acceptors (Lipinski definition) is 5. The number of rotatable bonds is 6. The van der Waals surface area contributed by atoms with E-state index in [-0.39, 0.29) is 36.1 Å². The molecule has 0 aromatic rings. The van der Waals surface area contributed by atoms with Crippen molar-refractivity contribution in [2.24, 2.45) is 0 Å². The summed E-state index contributed by atoms with van der Waals surface area (Å²) in [5.41, 5.74) is -0.998. The molecule has 0 aromatic carbocycles. The van der Waals surface area contributed by atoms with Crippen molar-refractivity contribution in [3.05, 3.63) is 0 Å². The van der Waals surface area contributed by atoms with Crippen LogP contribution in [0.4, 0.5) is 4.79 Å². The van der Waals surface area contributed by atoms with Gasteiger partial charge in [-0.3, -0.25) is 14.4 Å². The summed E-state index contributed by atoms with van der Waals surface area (Å²) in [7, 11) is 0. The van der Waals surface area contributed by atoms with Crippen LogP contribution in [-0.4, -0.2) is 57.2 Å². The molecule has 1 aliphatic carbocycles. The van der Waals surface area contributed by atoms with E-state index < -0.39 is 11.8 Å². The third-order valence-electron chi connectivity index (χ3n) is 4.24. The standard InChI is InChI=1S/C15H25N3O4S/c1-15(2,13(21)16-10-5-3-4-6-10)17-11(19)7-8-18-12(20)9-23-14(18)22/h10,12,20H,3-9H2,1-2H3,(H,16,21)(H,17,19). The molecular formula is C15H25N3O4S. The quantitative estimate of drug-likeness (QED) is 0.663. The Kier molecular flexibility index (Phi) is 5.91. The number of nitrogens with one attached hydrogen (secondary N) is 2. The molecule has 8 heteroatoms. The van der Waals surface area contributed by atoms with Crippen LogP contribution in [0, 0.1) is 0 Å².